The number of ether oxygens (including phenoxy) is 3. The molecule has 3 heterocycles. The molecule has 23 heteroatoms. The van der Waals surface area contributed by atoms with Gasteiger partial charge in [0.25, 0.3) is 5.91 Å². The van der Waals surface area contributed by atoms with Crippen molar-refractivity contribution in [2.45, 2.75) is 119 Å². The molecule has 5 aromatic rings. The Morgan fingerprint density at radius 3 is 1.92 bits per heavy atom. The van der Waals surface area contributed by atoms with Gasteiger partial charge in [0.05, 0.1) is 29.5 Å². The number of carbonyl (C=O) groups excluding carboxylic acids is 5. The highest BCUT2D eigenvalue weighted by Gasteiger charge is 2.50. The van der Waals surface area contributed by atoms with Gasteiger partial charge in [-0.05, 0) is 156 Å². The van der Waals surface area contributed by atoms with E-state index in [1.54, 1.807) is 23.9 Å². The molecule has 5 aromatic carbocycles. The van der Waals surface area contributed by atoms with Crippen molar-refractivity contribution in [3.05, 3.63) is 161 Å². The lowest BCUT2D eigenvalue weighted by Crippen LogP contribution is -2.50. The Bertz CT molecular complexity index is 3350. The molecule has 0 aromatic heterocycles. The van der Waals surface area contributed by atoms with E-state index in [2.05, 4.69) is 32.1 Å². The third-order valence-corrected chi connectivity index (χ3v) is 19.4. The number of likely N-dealkylation sites (N-methyl/N-ethyl adjacent to an activating group) is 2. The Labute approximate surface area is 552 Å². The molecule has 5 amide bonds. The number of carbonyl (C=O) groups is 5. The Morgan fingerprint density at radius 1 is 0.632 bits per heavy atom. The number of likely N-dealkylation sites (tertiary alicyclic amines) is 2. The first kappa shape index (κ1) is 71.8. The van der Waals surface area contributed by atoms with Crippen LogP contribution >= 0.6 is 0 Å². The Hall–Kier alpha value is -7.44. The van der Waals surface area contributed by atoms with Gasteiger partial charge in [0.2, 0.25) is 17.7 Å². The second-order valence-corrected chi connectivity index (χ2v) is 26.0. The molecule has 3 fully saturated rings. The molecule has 95 heavy (non-hydrogen) atoms. The van der Waals surface area contributed by atoms with Gasteiger partial charge in [-0.2, -0.15) is 26.3 Å². The number of alkyl halides is 6. The first-order valence-corrected chi connectivity index (χ1v) is 33.1. The summed E-state index contributed by atoms with van der Waals surface area (Å²) in [5.74, 6) is -1.60. The molecule has 1 spiro atoms. The highest BCUT2D eigenvalue weighted by atomic mass is 19.4. The zero-order valence-corrected chi connectivity index (χ0v) is 54.8. The van der Waals surface area contributed by atoms with Gasteiger partial charge in [-0.15, -0.1) is 0 Å². The SMILES string of the molecule is CN(CCCCCC(=O)N(C)CCN1CCC(OC(=O)Nc2ccccc2-c2ccccc2)CC1)CCCC(=O)N(C)CCCN(C)C(=O)CO[C@H]1Cc2ccccc2C12CCN(CC[C@@]1(c3ccc(F)cc3)CN(C(=O)c3cc(C(F)(F)F)cc(C(F)(F)F)c3)CO1)CC2. The van der Waals surface area contributed by atoms with E-state index in [1.807, 2.05) is 85.7 Å². The molecule has 9 rings (SSSR count). The topological polar surface area (TPSA) is 148 Å². The van der Waals surface area contributed by atoms with Crippen LogP contribution in [0.25, 0.3) is 11.1 Å². The van der Waals surface area contributed by atoms with Crippen molar-refractivity contribution in [2.75, 3.05) is 125 Å². The van der Waals surface area contributed by atoms with Crippen molar-refractivity contribution in [1.82, 2.24) is 34.3 Å². The Kier molecular flexibility index (Phi) is 24.6. The number of hydrogen-bond acceptors (Lipinski definition) is 11. The number of anilines is 1. The van der Waals surface area contributed by atoms with E-state index in [0.717, 1.165) is 86.4 Å². The lowest BCUT2D eigenvalue weighted by atomic mass is 9.72. The Morgan fingerprint density at radius 2 is 1.23 bits per heavy atom. The zero-order chi connectivity index (χ0) is 67.9. The maximum atomic E-state index is 14.2. The minimum absolute atomic E-state index is 0.0267. The standard InChI is InChI=1S/C72H89F7N8O8/c1-81(34-14-6-9-23-64(88)84(4)43-44-85-38-29-59(30-39-85)95-68(92)80-62-22-13-11-20-60(62)52-17-7-5-8-18-52)35-15-24-65(89)82(2)36-16-37-83(3)66(90)49-93-63-47-53-19-10-12-21-61(53)69(63)31-40-86(41-32-69)42-33-70(55-25-27-58(73)28-26-55)50-87(51-94-70)67(91)54-45-56(71(74,75)76)48-57(46-54)72(77,78)79/h5,7-8,10-13,17-22,25-28,45-46,48,59,63H,6,9,14-16,23-24,29-44,47,49-51H2,1-4H3,(H,80,92)/t63-,70-/m0/s1. The molecule has 1 aliphatic carbocycles. The number of nitrogens with one attached hydrogen (secondary N) is 1. The quantitative estimate of drug-likeness (QED) is 0.0377. The summed E-state index contributed by atoms with van der Waals surface area (Å²) in [5.41, 5.74) is -0.190. The fourth-order valence-corrected chi connectivity index (χ4v) is 13.6. The van der Waals surface area contributed by atoms with Crippen molar-refractivity contribution >= 4 is 35.4 Å². The summed E-state index contributed by atoms with van der Waals surface area (Å²) in [7, 11) is 7.42. The summed E-state index contributed by atoms with van der Waals surface area (Å²) in [6.07, 6.45) is -2.62. The highest BCUT2D eigenvalue weighted by Crippen LogP contribution is 2.48. The maximum Gasteiger partial charge on any atom is 0.416 e. The van der Waals surface area contributed by atoms with Gasteiger partial charge in [-0.25, -0.2) is 9.18 Å². The number of para-hydroxylation sites is 1. The normalized spacial score (nSPS) is 18.4. The van der Waals surface area contributed by atoms with Crippen molar-refractivity contribution in [2.24, 2.45) is 0 Å². The molecule has 0 radical (unpaired) electrons. The highest BCUT2D eigenvalue weighted by molar-refractivity contribution is 5.95. The summed E-state index contributed by atoms with van der Waals surface area (Å²) in [5, 5.41) is 2.93. The minimum atomic E-state index is -5.15. The number of piperidine rings is 2. The fourth-order valence-electron chi connectivity index (χ4n) is 13.6. The molecule has 0 bridgehead atoms. The van der Waals surface area contributed by atoms with Crippen molar-refractivity contribution in [3.8, 4) is 11.1 Å². The second kappa shape index (κ2) is 32.5. The first-order valence-electron chi connectivity index (χ1n) is 33.1. The van der Waals surface area contributed by atoms with E-state index in [4.69, 9.17) is 14.2 Å². The molecule has 2 atom stereocenters. The lowest BCUT2D eigenvalue weighted by molar-refractivity contribution is -0.143. The molecule has 0 saturated carbocycles. The minimum Gasteiger partial charge on any atom is -0.446 e. The van der Waals surface area contributed by atoms with Crippen LogP contribution in [0.4, 0.5) is 41.2 Å². The van der Waals surface area contributed by atoms with Gasteiger partial charge in [0.1, 0.15) is 30.9 Å². The van der Waals surface area contributed by atoms with Crippen LogP contribution in [0.3, 0.4) is 0 Å². The second-order valence-electron chi connectivity index (χ2n) is 26.0. The molecule has 514 valence electrons. The number of benzene rings is 5. The molecule has 4 aliphatic rings. The molecule has 3 aliphatic heterocycles. The number of hydrogen-bond donors (Lipinski definition) is 1. The number of rotatable bonds is 28. The maximum absolute atomic E-state index is 14.2. The third kappa shape index (κ3) is 19.2. The molecule has 16 nitrogen and oxygen atoms in total. The van der Waals surface area contributed by atoms with Crippen LogP contribution < -0.4 is 5.32 Å². The van der Waals surface area contributed by atoms with E-state index in [0.29, 0.717) is 108 Å². The Balaban J connectivity index is 0.632. The van der Waals surface area contributed by atoms with Gasteiger partial charge < -0.3 is 48.5 Å². The summed E-state index contributed by atoms with van der Waals surface area (Å²) >= 11 is 0. The lowest BCUT2D eigenvalue weighted by Gasteiger charge is -2.44. The van der Waals surface area contributed by atoms with Gasteiger partial charge >= 0.3 is 18.4 Å². The van der Waals surface area contributed by atoms with Gasteiger partial charge in [-0.1, -0.05) is 91.3 Å². The number of unbranched alkanes of at least 4 members (excludes halogenated alkanes) is 2. The van der Waals surface area contributed by atoms with E-state index in [9.17, 15) is 54.7 Å². The zero-order valence-electron chi connectivity index (χ0n) is 54.8. The summed E-state index contributed by atoms with van der Waals surface area (Å²) in [6.45, 7) is 6.43. The smallest absolute Gasteiger partial charge is 0.416 e. The largest absolute Gasteiger partial charge is 0.446 e. The van der Waals surface area contributed by atoms with Crippen LogP contribution in [0.15, 0.2) is 121 Å². The van der Waals surface area contributed by atoms with E-state index < -0.39 is 64.6 Å². The van der Waals surface area contributed by atoms with Crippen molar-refractivity contribution in [3.63, 3.8) is 0 Å². The van der Waals surface area contributed by atoms with Gasteiger partial charge in [-0.3, -0.25) is 24.5 Å². The van der Waals surface area contributed by atoms with E-state index in [-0.39, 0.29) is 55.6 Å². The van der Waals surface area contributed by atoms with Crippen molar-refractivity contribution in [1.29, 1.82) is 0 Å². The van der Waals surface area contributed by atoms with E-state index in [1.165, 1.54) is 29.8 Å². The summed E-state index contributed by atoms with van der Waals surface area (Å²) < 4.78 is 115. The molecular weight excluding hydrogens is 1240 g/mol. The average molecular weight is 1330 g/mol. The number of halogens is 7. The van der Waals surface area contributed by atoms with Gasteiger partial charge in [0.15, 0.2) is 0 Å². The predicted molar refractivity (Wildman–Crippen MR) is 348 cm³/mol. The summed E-state index contributed by atoms with van der Waals surface area (Å²) in [4.78, 5) is 79.3. The van der Waals surface area contributed by atoms with Crippen LogP contribution in [0, 0.1) is 5.82 Å². The number of fused-ring (bicyclic) bond motifs is 2. The van der Waals surface area contributed by atoms with Crippen LogP contribution in [0.5, 0.6) is 0 Å². The van der Waals surface area contributed by atoms with Crippen LogP contribution in [-0.2, 0) is 58.4 Å². The van der Waals surface area contributed by atoms with Crippen LogP contribution in [0.2, 0.25) is 0 Å². The van der Waals surface area contributed by atoms with Crippen molar-refractivity contribution < 1.29 is 68.9 Å². The molecule has 1 N–H and O–H groups in total. The predicted octanol–water partition coefficient (Wildman–Crippen LogP) is 12.0. The fraction of sp³-hybridized carbons (Fsp3) is 0.514. The number of amides is 5. The van der Waals surface area contributed by atoms with Gasteiger partial charge in [0, 0.05) is 96.3 Å². The monoisotopic (exact) mass is 1330 g/mol. The molecule has 3 saturated heterocycles. The first-order chi connectivity index (χ1) is 45.4. The number of nitrogens with zero attached hydrogens (tertiary/aromatic N) is 7. The summed E-state index contributed by atoms with van der Waals surface area (Å²) in [6, 6.07) is 32.0. The van der Waals surface area contributed by atoms with Crippen LogP contribution in [-0.4, -0.2) is 196 Å². The molecular formula is C72H89F7N8O8. The third-order valence-electron chi connectivity index (χ3n) is 19.4. The van der Waals surface area contributed by atoms with E-state index >= 15 is 0 Å². The van der Waals surface area contributed by atoms with Crippen LogP contribution in [0.1, 0.15) is 115 Å². The molecule has 0 unspecified atom stereocenters. The average Bonchev–Trinajstić information content (AvgIpc) is 1.62.